The molecule has 1 amide bonds. The molecule has 1 aliphatic rings. The number of pyridine rings is 1. The summed E-state index contributed by atoms with van der Waals surface area (Å²) in [7, 11) is 1.96. The molecule has 3 aromatic rings. The minimum atomic E-state index is 0.0477. The number of piperidine rings is 1. The van der Waals surface area contributed by atoms with Crippen molar-refractivity contribution in [3.63, 3.8) is 0 Å². The molecular weight excluding hydrogens is 352 g/mol. The van der Waals surface area contributed by atoms with Gasteiger partial charge in [0.05, 0.1) is 18.4 Å². The maximum atomic E-state index is 12.9. The van der Waals surface area contributed by atoms with E-state index in [1.165, 1.54) is 0 Å². The Kier molecular flexibility index (Phi) is 5.48. The molecule has 0 spiro atoms. The van der Waals surface area contributed by atoms with E-state index in [1.807, 2.05) is 65.2 Å². The smallest absolute Gasteiger partial charge is 0.253 e. The van der Waals surface area contributed by atoms with Gasteiger partial charge in [-0.15, -0.1) is 0 Å². The second kappa shape index (κ2) is 8.35. The highest BCUT2D eigenvalue weighted by molar-refractivity contribution is 5.94. The molecule has 0 N–H and O–H groups in total. The maximum absolute atomic E-state index is 12.9. The minimum Gasteiger partial charge on any atom is -0.370 e. The lowest BCUT2D eigenvalue weighted by Gasteiger charge is -2.32. The number of aromatic nitrogens is 3. The van der Waals surface area contributed by atoms with E-state index in [2.05, 4.69) is 9.97 Å². The van der Waals surface area contributed by atoms with Crippen LogP contribution in [0.1, 0.15) is 28.9 Å². The van der Waals surface area contributed by atoms with Crippen LogP contribution in [-0.2, 0) is 18.4 Å². The molecule has 2 aromatic heterocycles. The van der Waals surface area contributed by atoms with Gasteiger partial charge >= 0.3 is 0 Å². The van der Waals surface area contributed by atoms with Gasteiger partial charge in [0.2, 0.25) is 0 Å². The summed E-state index contributed by atoms with van der Waals surface area (Å²) < 4.78 is 7.96. The van der Waals surface area contributed by atoms with E-state index in [0.29, 0.717) is 18.7 Å². The summed E-state index contributed by atoms with van der Waals surface area (Å²) in [5.74, 6) is 0.942. The van der Waals surface area contributed by atoms with E-state index in [4.69, 9.17) is 4.74 Å². The molecule has 0 unspecified atom stereocenters. The first kappa shape index (κ1) is 18.4. The Morgan fingerprint density at radius 1 is 1.14 bits per heavy atom. The Hall–Kier alpha value is -2.99. The number of likely N-dealkylation sites (tertiary alicyclic amines) is 1. The highest BCUT2D eigenvalue weighted by Crippen LogP contribution is 2.20. The lowest BCUT2D eigenvalue weighted by molar-refractivity contribution is -0.00785. The van der Waals surface area contributed by atoms with Crippen molar-refractivity contribution in [2.45, 2.75) is 25.6 Å². The van der Waals surface area contributed by atoms with Gasteiger partial charge in [0.15, 0.2) is 0 Å². The first-order chi connectivity index (χ1) is 13.7. The summed E-state index contributed by atoms with van der Waals surface area (Å²) in [6.45, 7) is 1.86. The summed E-state index contributed by atoms with van der Waals surface area (Å²) in [5, 5.41) is 0. The van der Waals surface area contributed by atoms with Gasteiger partial charge in [-0.3, -0.25) is 9.78 Å². The van der Waals surface area contributed by atoms with Crippen molar-refractivity contribution in [3.8, 4) is 11.4 Å². The molecule has 1 aliphatic heterocycles. The Morgan fingerprint density at radius 3 is 2.71 bits per heavy atom. The zero-order valence-corrected chi connectivity index (χ0v) is 16.0. The summed E-state index contributed by atoms with van der Waals surface area (Å²) in [4.78, 5) is 23.5. The van der Waals surface area contributed by atoms with Gasteiger partial charge in [0.1, 0.15) is 5.82 Å². The van der Waals surface area contributed by atoms with Crippen LogP contribution in [0.15, 0.2) is 61.1 Å². The summed E-state index contributed by atoms with van der Waals surface area (Å²) in [6, 6.07) is 13.5. The van der Waals surface area contributed by atoms with E-state index in [-0.39, 0.29) is 12.0 Å². The molecular formula is C22H24N4O2. The van der Waals surface area contributed by atoms with Crippen LogP contribution in [0.5, 0.6) is 0 Å². The molecule has 3 heterocycles. The van der Waals surface area contributed by atoms with E-state index in [0.717, 1.165) is 36.5 Å². The van der Waals surface area contributed by atoms with Crippen LogP contribution in [0.4, 0.5) is 0 Å². The number of carbonyl (C=O) groups excluding carboxylic acids is 1. The van der Waals surface area contributed by atoms with Crippen molar-refractivity contribution in [2.75, 3.05) is 13.1 Å². The topological polar surface area (TPSA) is 60.2 Å². The lowest BCUT2D eigenvalue weighted by Crippen LogP contribution is -2.43. The average Bonchev–Trinajstić information content (AvgIpc) is 3.19. The summed E-state index contributed by atoms with van der Waals surface area (Å²) in [6.07, 6.45) is 7.41. The molecule has 6 nitrogen and oxygen atoms in total. The van der Waals surface area contributed by atoms with E-state index >= 15 is 0 Å². The van der Waals surface area contributed by atoms with E-state index in [1.54, 1.807) is 12.4 Å². The van der Waals surface area contributed by atoms with Crippen molar-refractivity contribution in [3.05, 3.63) is 72.3 Å². The Balaban J connectivity index is 1.38. The summed E-state index contributed by atoms with van der Waals surface area (Å²) in [5.41, 5.74) is 2.61. The van der Waals surface area contributed by atoms with Crippen LogP contribution in [0.25, 0.3) is 11.4 Å². The molecule has 0 bridgehead atoms. The number of nitrogens with zero attached hydrogens (tertiary/aromatic N) is 4. The van der Waals surface area contributed by atoms with Gasteiger partial charge in [-0.1, -0.05) is 18.2 Å². The number of imidazole rings is 1. The van der Waals surface area contributed by atoms with Crippen LogP contribution in [0.3, 0.4) is 0 Å². The fourth-order valence-corrected chi connectivity index (χ4v) is 3.53. The number of hydrogen-bond acceptors (Lipinski definition) is 4. The van der Waals surface area contributed by atoms with Crippen molar-refractivity contribution in [1.29, 1.82) is 0 Å². The first-order valence-electron chi connectivity index (χ1n) is 9.59. The standard InChI is InChI=1S/C22H24N4O2/c1-25-14-12-24-21(25)17-7-9-18(10-8-17)22(27)26-13-4-6-20(15-26)28-16-19-5-2-3-11-23-19/h2-3,5,7-12,14,20H,4,6,13,15-16H2,1H3/t20-/m1/s1. The van der Waals surface area contributed by atoms with Crippen LogP contribution >= 0.6 is 0 Å². The molecule has 6 heteroatoms. The second-order valence-corrected chi connectivity index (χ2v) is 7.09. The SMILES string of the molecule is Cn1ccnc1-c1ccc(C(=O)N2CCC[C@@H](OCc3ccccn3)C2)cc1. The molecule has 0 radical (unpaired) electrons. The fraction of sp³-hybridized carbons (Fsp3) is 0.318. The molecule has 1 atom stereocenters. The Labute approximate surface area is 164 Å². The number of aryl methyl sites for hydroxylation is 1. The number of amides is 1. The molecule has 0 saturated carbocycles. The van der Waals surface area contributed by atoms with Gasteiger partial charge in [0, 0.05) is 49.9 Å². The van der Waals surface area contributed by atoms with Gasteiger partial charge in [-0.05, 0) is 37.1 Å². The zero-order chi connectivity index (χ0) is 19.3. The Bertz CT molecular complexity index is 921. The average molecular weight is 376 g/mol. The molecule has 4 rings (SSSR count). The number of rotatable bonds is 5. The normalized spacial score (nSPS) is 16.9. The largest absolute Gasteiger partial charge is 0.370 e. The highest BCUT2D eigenvalue weighted by Gasteiger charge is 2.25. The zero-order valence-electron chi connectivity index (χ0n) is 16.0. The Morgan fingerprint density at radius 2 is 2.00 bits per heavy atom. The first-order valence-corrected chi connectivity index (χ1v) is 9.59. The molecule has 1 fully saturated rings. The predicted molar refractivity (Wildman–Crippen MR) is 107 cm³/mol. The van der Waals surface area contributed by atoms with Crippen molar-refractivity contribution >= 4 is 5.91 Å². The fourth-order valence-electron chi connectivity index (χ4n) is 3.53. The van der Waals surface area contributed by atoms with Crippen LogP contribution in [0, 0.1) is 0 Å². The van der Waals surface area contributed by atoms with Gasteiger partial charge in [0.25, 0.3) is 5.91 Å². The highest BCUT2D eigenvalue weighted by atomic mass is 16.5. The third-order valence-corrected chi connectivity index (χ3v) is 5.07. The predicted octanol–water partition coefficient (Wildman–Crippen LogP) is 3.30. The molecule has 1 saturated heterocycles. The van der Waals surface area contributed by atoms with Gasteiger partial charge in [-0.2, -0.15) is 0 Å². The minimum absolute atomic E-state index is 0.0477. The number of hydrogen-bond donors (Lipinski definition) is 0. The molecule has 144 valence electrons. The number of carbonyl (C=O) groups is 1. The van der Waals surface area contributed by atoms with Crippen LogP contribution < -0.4 is 0 Å². The van der Waals surface area contributed by atoms with Crippen LogP contribution in [-0.4, -0.2) is 44.5 Å². The van der Waals surface area contributed by atoms with Gasteiger partial charge in [-0.25, -0.2) is 4.98 Å². The van der Waals surface area contributed by atoms with E-state index < -0.39 is 0 Å². The van der Waals surface area contributed by atoms with Crippen molar-refractivity contribution in [1.82, 2.24) is 19.4 Å². The molecule has 0 aliphatic carbocycles. The van der Waals surface area contributed by atoms with Crippen molar-refractivity contribution < 1.29 is 9.53 Å². The lowest BCUT2D eigenvalue weighted by atomic mass is 10.1. The number of benzene rings is 1. The van der Waals surface area contributed by atoms with Crippen LogP contribution in [0.2, 0.25) is 0 Å². The molecule has 1 aromatic carbocycles. The van der Waals surface area contributed by atoms with Crippen molar-refractivity contribution in [2.24, 2.45) is 7.05 Å². The third-order valence-electron chi connectivity index (χ3n) is 5.07. The molecule has 28 heavy (non-hydrogen) atoms. The maximum Gasteiger partial charge on any atom is 0.253 e. The quantitative estimate of drug-likeness (QED) is 0.685. The number of ether oxygens (including phenoxy) is 1. The third kappa shape index (κ3) is 4.12. The monoisotopic (exact) mass is 376 g/mol. The second-order valence-electron chi connectivity index (χ2n) is 7.09. The summed E-state index contributed by atoms with van der Waals surface area (Å²) >= 11 is 0. The van der Waals surface area contributed by atoms with E-state index in [9.17, 15) is 4.79 Å². The van der Waals surface area contributed by atoms with Gasteiger partial charge < -0.3 is 14.2 Å².